The summed E-state index contributed by atoms with van der Waals surface area (Å²) < 4.78 is 5.23. The zero-order valence-electron chi connectivity index (χ0n) is 15.5. The van der Waals surface area contributed by atoms with Crippen LogP contribution in [0.25, 0.3) is 0 Å². The second kappa shape index (κ2) is 7.20. The van der Waals surface area contributed by atoms with E-state index in [-0.39, 0.29) is 23.9 Å². The summed E-state index contributed by atoms with van der Waals surface area (Å²) in [4.78, 5) is 27.6. The normalized spacial score (nSPS) is 19.3. The number of fused-ring (bicyclic) bond motifs is 1. The highest BCUT2D eigenvalue weighted by Crippen LogP contribution is 2.42. The first kappa shape index (κ1) is 18.0. The minimum Gasteiger partial charge on any atom is -0.497 e. The first-order valence-corrected chi connectivity index (χ1v) is 8.74. The topological polar surface area (TPSA) is 58.6 Å². The third-order valence-corrected chi connectivity index (χ3v) is 4.75. The molecule has 0 aliphatic carbocycles. The van der Waals surface area contributed by atoms with Gasteiger partial charge in [-0.2, -0.15) is 0 Å². The third-order valence-electron chi connectivity index (χ3n) is 4.75. The van der Waals surface area contributed by atoms with Crippen molar-refractivity contribution in [2.24, 2.45) is 0 Å². The molecule has 0 bridgehead atoms. The van der Waals surface area contributed by atoms with Crippen LogP contribution in [0.2, 0.25) is 0 Å². The molecule has 1 aliphatic heterocycles. The van der Waals surface area contributed by atoms with E-state index in [2.05, 4.69) is 5.32 Å². The fourth-order valence-corrected chi connectivity index (χ4v) is 3.55. The Bertz CT molecular complexity index is 814. The summed E-state index contributed by atoms with van der Waals surface area (Å²) in [6, 6.07) is 14.5. The number of carbonyl (C=O) groups is 2. The summed E-state index contributed by atoms with van der Waals surface area (Å²) in [5.41, 5.74) is 2.26. The number of carbonyl (C=O) groups excluding carboxylic acids is 2. The van der Waals surface area contributed by atoms with Crippen molar-refractivity contribution in [1.82, 2.24) is 10.2 Å². The molecule has 3 rings (SSSR count). The molecule has 0 spiro atoms. The number of nitrogens with zero attached hydrogens (tertiary/aromatic N) is 1. The van der Waals surface area contributed by atoms with E-state index >= 15 is 0 Å². The molecule has 5 heteroatoms. The average molecular weight is 352 g/mol. The molecule has 1 aliphatic rings. The van der Waals surface area contributed by atoms with Crippen LogP contribution in [0.1, 0.15) is 47.3 Å². The molecule has 26 heavy (non-hydrogen) atoms. The molecule has 0 saturated heterocycles. The zero-order valence-corrected chi connectivity index (χ0v) is 15.5. The largest absolute Gasteiger partial charge is 0.497 e. The monoisotopic (exact) mass is 352 g/mol. The van der Waals surface area contributed by atoms with Crippen LogP contribution in [0.15, 0.2) is 48.5 Å². The molecule has 0 saturated carbocycles. The van der Waals surface area contributed by atoms with E-state index in [1.807, 2.05) is 56.3 Å². The molecule has 2 aromatic carbocycles. The van der Waals surface area contributed by atoms with Crippen LogP contribution in [0.5, 0.6) is 5.75 Å². The van der Waals surface area contributed by atoms with Gasteiger partial charge in [0.2, 0.25) is 5.91 Å². The van der Waals surface area contributed by atoms with Crippen LogP contribution in [0.4, 0.5) is 0 Å². The number of hydrogen-bond donors (Lipinski definition) is 1. The molecule has 0 unspecified atom stereocenters. The van der Waals surface area contributed by atoms with Crippen LogP contribution >= 0.6 is 0 Å². The van der Waals surface area contributed by atoms with Gasteiger partial charge in [0.25, 0.3) is 5.91 Å². The fourth-order valence-electron chi connectivity index (χ4n) is 3.55. The minimum absolute atomic E-state index is 0.0223. The molecular formula is C21H24N2O3. The molecule has 0 radical (unpaired) electrons. The molecular weight excluding hydrogens is 328 g/mol. The van der Waals surface area contributed by atoms with Gasteiger partial charge in [0.1, 0.15) is 5.75 Å². The van der Waals surface area contributed by atoms with Gasteiger partial charge >= 0.3 is 0 Å². The Hall–Kier alpha value is -2.82. The van der Waals surface area contributed by atoms with Crippen LogP contribution in [0.3, 0.4) is 0 Å². The molecule has 5 nitrogen and oxygen atoms in total. The van der Waals surface area contributed by atoms with Gasteiger partial charge in [-0.1, -0.05) is 30.3 Å². The standard InChI is InChI=1S/C21H24N2O3/c1-13(2)22-20(24)18-16-7-5-6-8-17(16)21(25)23(3)19(18)14-9-11-15(26-4)12-10-14/h5-13,18-19H,1-4H3,(H,22,24)/t18-,19+/m0/s1. The summed E-state index contributed by atoms with van der Waals surface area (Å²) in [6.45, 7) is 3.87. The quantitative estimate of drug-likeness (QED) is 0.920. The number of benzene rings is 2. The number of hydrogen-bond acceptors (Lipinski definition) is 3. The van der Waals surface area contributed by atoms with Gasteiger partial charge in [-0.3, -0.25) is 9.59 Å². The van der Waals surface area contributed by atoms with E-state index in [1.165, 1.54) is 0 Å². The Morgan fingerprint density at radius 1 is 1.12 bits per heavy atom. The number of nitrogens with one attached hydrogen (secondary N) is 1. The van der Waals surface area contributed by atoms with Crippen LogP contribution < -0.4 is 10.1 Å². The maximum absolute atomic E-state index is 13.1. The molecule has 2 atom stereocenters. The van der Waals surface area contributed by atoms with Crippen LogP contribution in [-0.4, -0.2) is 36.9 Å². The number of likely N-dealkylation sites (N-methyl/N-ethyl adjacent to an activating group) is 1. The van der Waals surface area contributed by atoms with E-state index in [0.29, 0.717) is 5.56 Å². The minimum atomic E-state index is -0.468. The molecule has 0 fully saturated rings. The first-order chi connectivity index (χ1) is 12.4. The van der Waals surface area contributed by atoms with E-state index in [4.69, 9.17) is 4.74 Å². The molecule has 2 aromatic rings. The highest BCUT2D eigenvalue weighted by molar-refractivity contribution is 6.01. The van der Waals surface area contributed by atoms with Crippen molar-refractivity contribution in [3.05, 3.63) is 65.2 Å². The first-order valence-electron chi connectivity index (χ1n) is 8.74. The number of methoxy groups -OCH3 is 1. The van der Waals surface area contributed by atoms with Gasteiger partial charge in [-0.25, -0.2) is 0 Å². The van der Waals surface area contributed by atoms with Crippen molar-refractivity contribution < 1.29 is 14.3 Å². The Morgan fingerprint density at radius 3 is 2.38 bits per heavy atom. The van der Waals surface area contributed by atoms with Crippen molar-refractivity contribution >= 4 is 11.8 Å². The molecule has 0 aromatic heterocycles. The molecule has 1 heterocycles. The Balaban J connectivity index is 2.12. The summed E-state index contributed by atoms with van der Waals surface area (Å²) >= 11 is 0. The number of ether oxygens (including phenoxy) is 1. The van der Waals surface area contributed by atoms with Gasteiger partial charge in [-0.15, -0.1) is 0 Å². The zero-order chi connectivity index (χ0) is 18.8. The highest BCUT2D eigenvalue weighted by Gasteiger charge is 2.42. The molecule has 1 N–H and O–H groups in total. The summed E-state index contributed by atoms with van der Waals surface area (Å²) in [5, 5.41) is 3.01. The van der Waals surface area contributed by atoms with Crippen molar-refractivity contribution in [3.8, 4) is 5.75 Å². The van der Waals surface area contributed by atoms with Gasteiger partial charge in [0, 0.05) is 18.7 Å². The van der Waals surface area contributed by atoms with E-state index in [9.17, 15) is 9.59 Å². The van der Waals surface area contributed by atoms with Crippen LogP contribution in [-0.2, 0) is 4.79 Å². The van der Waals surface area contributed by atoms with Gasteiger partial charge in [-0.05, 0) is 43.2 Å². The van der Waals surface area contributed by atoms with Crippen molar-refractivity contribution in [2.45, 2.75) is 31.8 Å². The second-order valence-electron chi connectivity index (χ2n) is 6.86. The van der Waals surface area contributed by atoms with Crippen LogP contribution in [0, 0.1) is 0 Å². The van der Waals surface area contributed by atoms with E-state index in [1.54, 1.807) is 25.1 Å². The lowest BCUT2D eigenvalue weighted by Gasteiger charge is -2.40. The SMILES string of the molecule is COc1ccc([C@@H]2[C@@H](C(=O)NC(C)C)c3ccccc3C(=O)N2C)cc1. The van der Waals surface area contributed by atoms with E-state index < -0.39 is 5.92 Å². The highest BCUT2D eigenvalue weighted by atomic mass is 16.5. The predicted molar refractivity (Wildman–Crippen MR) is 100 cm³/mol. The predicted octanol–water partition coefficient (Wildman–Crippen LogP) is 3.13. The summed E-state index contributed by atoms with van der Waals surface area (Å²) in [7, 11) is 3.36. The number of rotatable bonds is 4. The smallest absolute Gasteiger partial charge is 0.254 e. The maximum Gasteiger partial charge on any atom is 0.254 e. The fraction of sp³-hybridized carbons (Fsp3) is 0.333. The Kier molecular flexibility index (Phi) is 4.98. The van der Waals surface area contributed by atoms with Gasteiger partial charge in [0.15, 0.2) is 0 Å². The average Bonchev–Trinajstić information content (AvgIpc) is 2.64. The lowest BCUT2D eigenvalue weighted by atomic mass is 9.79. The molecule has 136 valence electrons. The lowest BCUT2D eigenvalue weighted by Crippen LogP contribution is -2.46. The van der Waals surface area contributed by atoms with Crippen molar-refractivity contribution in [2.75, 3.05) is 14.2 Å². The second-order valence-corrected chi connectivity index (χ2v) is 6.86. The Morgan fingerprint density at radius 2 is 1.77 bits per heavy atom. The van der Waals surface area contributed by atoms with Gasteiger partial charge < -0.3 is 15.0 Å². The summed E-state index contributed by atoms with van der Waals surface area (Å²) in [5.74, 6) is 0.120. The van der Waals surface area contributed by atoms with Gasteiger partial charge in [0.05, 0.1) is 19.1 Å². The lowest BCUT2D eigenvalue weighted by molar-refractivity contribution is -0.124. The molecule has 2 amide bonds. The van der Waals surface area contributed by atoms with Crippen molar-refractivity contribution in [1.29, 1.82) is 0 Å². The van der Waals surface area contributed by atoms with Crippen molar-refractivity contribution in [3.63, 3.8) is 0 Å². The van der Waals surface area contributed by atoms with E-state index in [0.717, 1.165) is 16.9 Å². The maximum atomic E-state index is 13.1. The third kappa shape index (κ3) is 3.17. The summed E-state index contributed by atoms with van der Waals surface area (Å²) in [6.07, 6.45) is 0. The Labute approximate surface area is 154 Å². The number of amides is 2.